The number of aromatic amines is 1. The van der Waals surface area contributed by atoms with Gasteiger partial charge in [-0.2, -0.15) is 5.10 Å². The number of ether oxygens (including phenoxy) is 1. The molecule has 0 amide bonds. The highest BCUT2D eigenvalue weighted by molar-refractivity contribution is 5.91. The summed E-state index contributed by atoms with van der Waals surface area (Å²) >= 11 is 0. The molecule has 2 aromatic heterocycles. The van der Waals surface area contributed by atoms with Crippen molar-refractivity contribution < 1.29 is 10.6 Å². The first-order chi connectivity index (χ1) is 14.3. The molecule has 0 bridgehead atoms. The van der Waals surface area contributed by atoms with Crippen LogP contribution in [0.1, 0.15) is 69.7 Å². The Kier molecular flexibility index (Phi) is 5.14. The normalized spacial score (nSPS) is 18.9. The van der Waals surface area contributed by atoms with Gasteiger partial charge in [0.15, 0.2) is 5.82 Å². The predicted octanol–water partition coefficient (Wildman–Crippen LogP) is 5.42. The first-order valence-electron chi connectivity index (χ1n) is 10.6. The van der Waals surface area contributed by atoms with E-state index < -0.39 is 0 Å². The molecule has 1 saturated carbocycles. The van der Waals surface area contributed by atoms with Crippen LogP contribution in [0.25, 0.3) is 10.9 Å². The number of fused-ring (bicyclic) bond motifs is 1. The van der Waals surface area contributed by atoms with Gasteiger partial charge >= 0.3 is 0 Å². The highest BCUT2D eigenvalue weighted by Gasteiger charge is 2.23. The first-order valence-corrected chi connectivity index (χ1v) is 10.6. The van der Waals surface area contributed by atoms with Crippen LogP contribution in [-0.2, 0) is 4.74 Å². The number of hydrogen-bond donors (Lipinski definition) is 2. The summed E-state index contributed by atoms with van der Waals surface area (Å²) in [4.78, 5) is 9.85. The molecule has 2 N–H and O–H groups in total. The van der Waals surface area contributed by atoms with Crippen molar-refractivity contribution in [2.45, 2.75) is 56.8 Å². The number of H-pyrrole nitrogens is 1. The Bertz CT molecular complexity index is 962. The van der Waals surface area contributed by atoms with Crippen molar-refractivity contribution in [2.24, 2.45) is 0 Å². The minimum atomic E-state index is -0.282. The third-order valence-electron chi connectivity index (χ3n) is 6.14. The second-order valence-electron chi connectivity index (χ2n) is 8.14. The first kappa shape index (κ1) is 18.5. The smallest absolute Gasteiger partial charge is 0.161 e. The van der Waals surface area contributed by atoms with Crippen LogP contribution in [0.15, 0.2) is 24.3 Å². The highest BCUT2D eigenvalue weighted by atomic mass is 19.1. The van der Waals surface area contributed by atoms with Crippen LogP contribution in [0.4, 0.5) is 16.0 Å². The van der Waals surface area contributed by atoms with Crippen LogP contribution in [-0.4, -0.2) is 33.4 Å². The van der Waals surface area contributed by atoms with Crippen molar-refractivity contribution >= 4 is 22.5 Å². The maximum absolute atomic E-state index is 13.7. The number of anilines is 2. The van der Waals surface area contributed by atoms with E-state index in [1.807, 2.05) is 6.07 Å². The van der Waals surface area contributed by atoms with Crippen molar-refractivity contribution in [2.75, 3.05) is 18.5 Å². The van der Waals surface area contributed by atoms with Crippen LogP contribution in [0, 0.1) is 5.82 Å². The lowest BCUT2D eigenvalue weighted by atomic mass is 9.88. The van der Waals surface area contributed by atoms with Crippen LogP contribution in [0.3, 0.4) is 0 Å². The molecule has 7 heteroatoms. The van der Waals surface area contributed by atoms with Gasteiger partial charge in [0.2, 0.25) is 0 Å². The van der Waals surface area contributed by atoms with E-state index in [9.17, 15) is 4.39 Å². The molecule has 0 spiro atoms. The van der Waals surface area contributed by atoms with Crippen molar-refractivity contribution in [3.63, 3.8) is 0 Å². The standard InChI is InChI=1S/C22H26FN5O.H2/c23-16-6-7-18-17(12-16)22(28-27-18)26-20-13-19(14-8-10-29-11-9-14)24-21(25-20)15-4-2-1-3-5-15;/h6-7,12-15H,1-5,8-11H2,(H2,24,25,26,27,28);1H. The molecule has 1 aliphatic heterocycles. The van der Waals surface area contributed by atoms with E-state index in [1.54, 1.807) is 6.07 Å². The van der Waals surface area contributed by atoms with Crippen LogP contribution < -0.4 is 5.32 Å². The summed E-state index contributed by atoms with van der Waals surface area (Å²) in [5, 5.41) is 11.3. The molecule has 0 unspecified atom stereocenters. The fourth-order valence-electron chi connectivity index (χ4n) is 4.50. The molecular weight excluding hydrogens is 369 g/mol. The molecule has 1 aliphatic carbocycles. The van der Waals surface area contributed by atoms with Gasteiger partial charge in [0, 0.05) is 43.6 Å². The van der Waals surface area contributed by atoms with E-state index in [0.717, 1.165) is 67.1 Å². The van der Waals surface area contributed by atoms with Crippen molar-refractivity contribution in [1.82, 2.24) is 20.2 Å². The highest BCUT2D eigenvalue weighted by Crippen LogP contribution is 2.34. The van der Waals surface area contributed by atoms with Gasteiger partial charge in [0.25, 0.3) is 0 Å². The Labute approximate surface area is 170 Å². The Morgan fingerprint density at radius 2 is 1.83 bits per heavy atom. The van der Waals surface area contributed by atoms with Crippen LogP contribution >= 0.6 is 0 Å². The minimum Gasteiger partial charge on any atom is -0.381 e. The quantitative estimate of drug-likeness (QED) is 0.614. The Balaban J connectivity index is 0.00000218. The third kappa shape index (κ3) is 3.96. The van der Waals surface area contributed by atoms with E-state index in [2.05, 4.69) is 15.5 Å². The van der Waals surface area contributed by atoms with Crippen molar-refractivity contribution in [3.05, 3.63) is 41.6 Å². The fraction of sp³-hybridized carbons (Fsp3) is 0.500. The van der Waals surface area contributed by atoms with Gasteiger partial charge in [-0.15, -0.1) is 0 Å². The molecule has 1 aromatic carbocycles. The zero-order chi connectivity index (χ0) is 19.6. The molecule has 6 nitrogen and oxygen atoms in total. The number of halogens is 1. The summed E-state index contributed by atoms with van der Waals surface area (Å²) in [7, 11) is 0. The van der Waals surface area contributed by atoms with Gasteiger partial charge in [-0.05, 0) is 43.9 Å². The van der Waals surface area contributed by atoms with E-state index in [4.69, 9.17) is 14.7 Å². The average molecular weight is 397 g/mol. The van der Waals surface area contributed by atoms with Gasteiger partial charge < -0.3 is 10.1 Å². The number of rotatable bonds is 4. The monoisotopic (exact) mass is 397 g/mol. The van der Waals surface area contributed by atoms with Crippen molar-refractivity contribution in [1.29, 1.82) is 0 Å². The average Bonchev–Trinajstić information content (AvgIpc) is 3.16. The van der Waals surface area contributed by atoms with Crippen molar-refractivity contribution in [3.8, 4) is 0 Å². The number of nitrogens with one attached hydrogen (secondary N) is 2. The minimum absolute atomic E-state index is 0. The summed E-state index contributed by atoms with van der Waals surface area (Å²) < 4.78 is 19.3. The number of benzene rings is 1. The Hall–Kier alpha value is -2.54. The predicted molar refractivity (Wildman–Crippen MR) is 112 cm³/mol. The molecular formula is C22H28FN5O. The second-order valence-corrected chi connectivity index (χ2v) is 8.14. The van der Waals surface area contributed by atoms with E-state index >= 15 is 0 Å². The van der Waals surface area contributed by atoms with Gasteiger partial charge in [0.05, 0.1) is 5.52 Å². The zero-order valence-corrected chi connectivity index (χ0v) is 16.5. The van der Waals surface area contributed by atoms with Gasteiger partial charge in [-0.1, -0.05) is 19.3 Å². The van der Waals surface area contributed by atoms with Crippen LogP contribution in [0.2, 0.25) is 0 Å². The topological polar surface area (TPSA) is 75.7 Å². The zero-order valence-electron chi connectivity index (χ0n) is 16.5. The number of hydrogen-bond acceptors (Lipinski definition) is 5. The largest absolute Gasteiger partial charge is 0.381 e. The molecule has 154 valence electrons. The van der Waals surface area contributed by atoms with E-state index in [0.29, 0.717) is 17.7 Å². The van der Waals surface area contributed by atoms with E-state index in [1.165, 1.54) is 31.4 Å². The number of nitrogens with zero attached hydrogens (tertiary/aromatic N) is 3. The Morgan fingerprint density at radius 1 is 1.00 bits per heavy atom. The molecule has 3 aromatic rings. The maximum Gasteiger partial charge on any atom is 0.161 e. The summed E-state index contributed by atoms with van der Waals surface area (Å²) in [6.07, 6.45) is 8.03. The molecule has 5 rings (SSSR count). The lowest BCUT2D eigenvalue weighted by Crippen LogP contribution is -2.18. The lowest BCUT2D eigenvalue weighted by Gasteiger charge is -2.25. The molecule has 0 radical (unpaired) electrons. The van der Waals surface area contributed by atoms with Gasteiger partial charge in [-0.25, -0.2) is 14.4 Å². The summed E-state index contributed by atoms with van der Waals surface area (Å²) in [5.41, 5.74) is 1.87. The van der Waals surface area contributed by atoms with Gasteiger partial charge in [0.1, 0.15) is 17.5 Å². The molecule has 1 saturated heterocycles. The summed E-state index contributed by atoms with van der Waals surface area (Å²) in [6, 6.07) is 6.65. The summed E-state index contributed by atoms with van der Waals surface area (Å²) in [5.74, 6) is 2.78. The molecule has 2 fully saturated rings. The Morgan fingerprint density at radius 3 is 2.66 bits per heavy atom. The molecule has 29 heavy (non-hydrogen) atoms. The SMILES string of the molecule is Fc1ccc2[nH]nc(Nc3cc(C4CCOCC4)nc(C4CCCCC4)n3)c2c1.[HH]. The van der Waals surface area contributed by atoms with E-state index in [-0.39, 0.29) is 7.24 Å². The van der Waals surface area contributed by atoms with Gasteiger partial charge in [-0.3, -0.25) is 5.10 Å². The fourth-order valence-corrected chi connectivity index (χ4v) is 4.50. The van der Waals surface area contributed by atoms with Crippen LogP contribution in [0.5, 0.6) is 0 Å². The lowest BCUT2D eigenvalue weighted by molar-refractivity contribution is 0.0844. The molecule has 2 aliphatic rings. The maximum atomic E-state index is 13.7. The molecule has 0 atom stereocenters. The number of aromatic nitrogens is 4. The third-order valence-corrected chi connectivity index (χ3v) is 6.14. The second kappa shape index (κ2) is 8.06. The summed E-state index contributed by atoms with van der Waals surface area (Å²) in [6.45, 7) is 1.55. The molecule has 3 heterocycles.